The molecule has 0 amide bonds. The van der Waals surface area contributed by atoms with Crippen LogP contribution >= 0.6 is 11.3 Å². The predicted octanol–water partition coefficient (Wildman–Crippen LogP) is 3.12. The number of rotatable bonds is 1. The molecule has 11 heavy (non-hydrogen) atoms. The molecule has 0 spiro atoms. The molecule has 0 fully saturated rings. The Morgan fingerprint density at radius 1 is 1.45 bits per heavy atom. The second kappa shape index (κ2) is 2.55. The van der Waals surface area contributed by atoms with Gasteiger partial charge in [0, 0.05) is 10.4 Å². The molecule has 0 atom stereocenters. The van der Waals surface area contributed by atoms with Crippen molar-refractivity contribution in [2.75, 3.05) is 0 Å². The lowest BCUT2D eigenvalue weighted by molar-refractivity contribution is 0.559. The van der Waals surface area contributed by atoms with Crippen molar-refractivity contribution in [2.45, 2.75) is 6.92 Å². The van der Waals surface area contributed by atoms with Gasteiger partial charge in [-0.15, -0.1) is 11.3 Å². The van der Waals surface area contributed by atoms with E-state index in [1.165, 1.54) is 10.4 Å². The normalized spacial score (nSPS) is 10.3. The Kier molecular flexibility index (Phi) is 1.55. The lowest BCUT2D eigenvalue weighted by Crippen LogP contribution is -1.68. The van der Waals surface area contributed by atoms with Crippen LogP contribution in [0.1, 0.15) is 5.56 Å². The fourth-order valence-corrected chi connectivity index (χ4v) is 1.90. The second-order valence-corrected chi connectivity index (χ2v) is 3.29. The molecule has 0 aromatic carbocycles. The summed E-state index contributed by atoms with van der Waals surface area (Å²) in [6.07, 6.45) is 4.46. The van der Waals surface area contributed by atoms with Gasteiger partial charge in [0.05, 0.1) is 6.26 Å². The molecule has 1 radical (unpaired) electrons. The maximum atomic E-state index is 4.87. The minimum Gasteiger partial charge on any atom is -0.460 e. The molecule has 2 aromatic heterocycles. The monoisotopic (exact) mass is 163 g/mol. The Bertz CT molecular complexity index is 332. The number of aryl methyl sites for hydroxylation is 1. The fourth-order valence-electron chi connectivity index (χ4n) is 1.00. The van der Waals surface area contributed by atoms with E-state index in [1.54, 1.807) is 17.6 Å². The van der Waals surface area contributed by atoms with E-state index in [2.05, 4.69) is 24.6 Å². The van der Waals surface area contributed by atoms with Crippen molar-refractivity contribution in [3.8, 4) is 10.4 Å². The third kappa shape index (κ3) is 1.10. The van der Waals surface area contributed by atoms with Crippen LogP contribution in [0.4, 0.5) is 0 Å². The van der Waals surface area contributed by atoms with Crippen LogP contribution in [0, 0.1) is 13.2 Å². The summed E-state index contributed by atoms with van der Waals surface area (Å²) >= 11 is 1.72. The summed E-state index contributed by atoms with van der Waals surface area (Å²) < 4.78 is 4.87. The van der Waals surface area contributed by atoms with Crippen molar-refractivity contribution in [3.05, 3.63) is 35.6 Å². The van der Waals surface area contributed by atoms with Gasteiger partial charge in [0.2, 0.25) is 0 Å². The average Bonchev–Trinajstić information content (AvgIpc) is 2.55. The van der Waals surface area contributed by atoms with Gasteiger partial charge in [0.25, 0.3) is 0 Å². The number of thiophene rings is 1. The van der Waals surface area contributed by atoms with Crippen molar-refractivity contribution in [1.29, 1.82) is 0 Å². The number of hydrogen-bond donors (Lipinski definition) is 0. The van der Waals surface area contributed by atoms with Crippen LogP contribution in [0.2, 0.25) is 0 Å². The van der Waals surface area contributed by atoms with Gasteiger partial charge < -0.3 is 4.42 Å². The van der Waals surface area contributed by atoms with E-state index in [-0.39, 0.29) is 0 Å². The lowest BCUT2D eigenvalue weighted by Gasteiger charge is -1.90. The maximum Gasteiger partial charge on any atom is 0.178 e. The van der Waals surface area contributed by atoms with Gasteiger partial charge in [-0.1, -0.05) is 0 Å². The van der Waals surface area contributed by atoms with E-state index in [1.807, 2.05) is 6.07 Å². The first-order chi connectivity index (χ1) is 5.38. The fraction of sp³-hybridized carbons (Fsp3) is 0.111. The van der Waals surface area contributed by atoms with Crippen LogP contribution in [0.15, 0.2) is 28.2 Å². The number of hydrogen-bond acceptors (Lipinski definition) is 2. The first kappa shape index (κ1) is 6.68. The molecule has 2 heterocycles. The molecular weight excluding hydrogens is 156 g/mol. The lowest BCUT2D eigenvalue weighted by atomic mass is 10.2. The molecule has 0 saturated carbocycles. The minimum absolute atomic E-state index is 1.05. The Morgan fingerprint density at radius 2 is 2.36 bits per heavy atom. The summed E-state index contributed by atoms with van der Waals surface area (Å²) in [6.45, 7) is 2.09. The van der Waals surface area contributed by atoms with Crippen molar-refractivity contribution < 1.29 is 4.42 Å². The van der Waals surface area contributed by atoms with Crippen molar-refractivity contribution in [3.63, 3.8) is 0 Å². The van der Waals surface area contributed by atoms with Crippen molar-refractivity contribution >= 4 is 11.3 Å². The second-order valence-electron chi connectivity index (χ2n) is 2.37. The van der Waals surface area contributed by atoms with Crippen LogP contribution in [0.5, 0.6) is 0 Å². The average molecular weight is 163 g/mol. The van der Waals surface area contributed by atoms with Gasteiger partial charge in [-0.2, -0.15) is 0 Å². The van der Waals surface area contributed by atoms with Gasteiger partial charge in [-0.3, -0.25) is 0 Å². The predicted molar refractivity (Wildman–Crippen MR) is 45.6 cm³/mol. The SMILES string of the molecule is Cc1ccsc1-c1[c]occ1. The molecule has 2 aromatic rings. The standard InChI is InChI=1S/C9H7OS/c1-7-3-5-11-9(7)8-2-4-10-6-8/h2-5H,1H3. The van der Waals surface area contributed by atoms with E-state index in [4.69, 9.17) is 4.42 Å². The quantitative estimate of drug-likeness (QED) is 0.629. The van der Waals surface area contributed by atoms with E-state index in [0.717, 1.165) is 5.56 Å². The summed E-state index contributed by atoms with van der Waals surface area (Å²) in [5.41, 5.74) is 2.34. The first-order valence-corrected chi connectivity index (χ1v) is 4.25. The summed E-state index contributed by atoms with van der Waals surface area (Å²) in [5.74, 6) is 0. The Balaban J connectivity index is 2.53. The third-order valence-corrected chi connectivity index (χ3v) is 2.63. The van der Waals surface area contributed by atoms with E-state index in [9.17, 15) is 0 Å². The third-order valence-electron chi connectivity index (χ3n) is 1.58. The molecule has 55 valence electrons. The van der Waals surface area contributed by atoms with Crippen molar-refractivity contribution in [1.82, 2.24) is 0 Å². The molecule has 0 aliphatic heterocycles. The van der Waals surface area contributed by atoms with Gasteiger partial charge in [0.15, 0.2) is 6.26 Å². The molecule has 1 nitrogen and oxygen atoms in total. The largest absolute Gasteiger partial charge is 0.460 e. The molecule has 0 unspecified atom stereocenters. The first-order valence-electron chi connectivity index (χ1n) is 3.37. The van der Waals surface area contributed by atoms with E-state index >= 15 is 0 Å². The molecule has 0 aliphatic rings. The summed E-state index contributed by atoms with van der Waals surface area (Å²) in [6, 6.07) is 4.03. The van der Waals surface area contributed by atoms with Gasteiger partial charge in [-0.25, -0.2) is 0 Å². The van der Waals surface area contributed by atoms with Crippen LogP contribution in [0.3, 0.4) is 0 Å². The van der Waals surface area contributed by atoms with Gasteiger partial charge >= 0.3 is 0 Å². The minimum atomic E-state index is 1.05. The molecule has 0 bridgehead atoms. The number of furan rings is 1. The molecule has 0 saturated heterocycles. The Morgan fingerprint density at radius 3 is 2.91 bits per heavy atom. The molecule has 0 N–H and O–H groups in total. The zero-order chi connectivity index (χ0) is 7.68. The Labute approximate surface area is 69.3 Å². The van der Waals surface area contributed by atoms with Crippen LogP contribution in [-0.2, 0) is 0 Å². The molecular formula is C9H7OS. The van der Waals surface area contributed by atoms with Gasteiger partial charge in [0.1, 0.15) is 0 Å². The summed E-state index contributed by atoms with van der Waals surface area (Å²) in [7, 11) is 0. The summed E-state index contributed by atoms with van der Waals surface area (Å²) in [5, 5.41) is 2.07. The molecule has 2 rings (SSSR count). The summed E-state index contributed by atoms with van der Waals surface area (Å²) in [4.78, 5) is 1.25. The topological polar surface area (TPSA) is 13.1 Å². The van der Waals surface area contributed by atoms with Gasteiger partial charge in [-0.05, 0) is 30.0 Å². The van der Waals surface area contributed by atoms with E-state index in [0.29, 0.717) is 0 Å². The maximum absolute atomic E-state index is 4.87. The highest BCUT2D eigenvalue weighted by molar-refractivity contribution is 7.13. The van der Waals surface area contributed by atoms with Crippen LogP contribution in [-0.4, -0.2) is 0 Å². The van der Waals surface area contributed by atoms with E-state index < -0.39 is 0 Å². The van der Waals surface area contributed by atoms with Crippen molar-refractivity contribution in [2.24, 2.45) is 0 Å². The highest BCUT2D eigenvalue weighted by atomic mass is 32.1. The highest BCUT2D eigenvalue weighted by Gasteiger charge is 2.03. The molecule has 0 aliphatic carbocycles. The van der Waals surface area contributed by atoms with Crippen LogP contribution in [0.25, 0.3) is 10.4 Å². The van der Waals surface area contributed by atoms with Crippen LogP contribution < -0.4 is 0 Å². The zero-order valence-electron chi connectivity index (χ0n) is 6.13. The molecule has 2 heteroatoms. The smallest absolute Gasteiger partial charge is 0.178 e. The zero-order valence-corrected chi connectivity index (χ0v) is 6.94. The Hall–Kier alpha value is -1.02. The highest BCUT2D eigenvalue weighted by Crippen LogP contribution is 2.28.